The largest absolute Gasteiger partial charge is 0.457 e. The third-order valence-corrected chi connectivity index (χ3v) is 6.72. The van der Waals surface area contributed by atoms with Gasteiger partial charge in [0.2, 0.25) is 0 Å². The van der Waals surface area contributed by atoms with Gasteiger partial charge in [0.05, 0.1) is 16.3 Å². The van der Waals surface area contributed by atoms with Gasteiger partial charge in [0.25, 0.3) is 15.9 Å². The second-order valence-electron chi connectivity index (χ2n) is 5.74. The first kappa shape index (κ1) is 20.4. The maximum atomic E-state index is 13.2. The van der Waals surface area contributed by atoms with E-state index in [0.29, 0.717) is 21.6 Å². The van der Waals surface area contributed by atoms with Gasteiger partial charge < -0.3 is 9.73 Å². The average Bonchev–Trinajstić information content (AvgIpc) is 3.11. The van der Waals surface area contributed by atoms with Gasteiger partial charge in [-0.05, 0) is 53.2 Å². The molecule has 0 bridgehead atoms. The Morgan fingerprint density at radius 1 is 1.18 bits per heavy atom. The molecule has 1 amide bonds. The van der Waals surface area contributed by atoms with E-state index in [9.17, 15) is 13.2 Å². The molecule has 0 radical (unpaired) electrons. The number of rotatable bonds is 6. The Bertz CT molecular complexity index is 1100. The first-order valence-corrected chi connectivity index (χ1v) is 10.9. The second-order valence-corrected chi connectivity index (χ2v) is 8.76. The molecule has 0 aliphatic heterocycles. The molecule has 2 aromatic carbocycles. The van der Waals surface area contributed by atoms with E-state index in [4.69, 9.17) is 16.0 Å². The molecule has 0 fully saturated rings. The number of anilines is 2. The number of furan rings is 1. The Morgan fingerprint density at radius 3 is 2.50 bits per heavy atom. The van der Waals surface area contributed by atoms with E-state index < -0.39 is 15.9 Å². The van der Waals surface area contributed by atoms with Gasteiger partial charge in [-0.15, -0.1) is 0 Å². The molecule has 0 atom stereocenters. The van der Waals surface area contributed by atoms with Gasteiger partial charge in [-0.1, -0.05) is 29.8 Å². The number of para-hydroxylation sites is 1. The van der Waals surface area contributed by atoms with Crippen LogP contribution in [0.4, 0.5) is 11.4 Å². The summed E-state index contributed by atoms with van der Waals surface area (Å²) in [6.07, 6.45) is 1.29. The van der Waals surface area contributed by atoms with E-state index in [1.807, 2.05) is 0 Å². The number of sulfonamides is 1. The highest BCUT2D eigenvalue weighted by Crippen LogP contribution is 2.30. The average molecular weight is 484 g/mol. The Kier molecular flexibility index (Phi) is 6.12. The van der Waals surface area contributed by atoms with Crippen molar-refractivity contribution in [3.63, 3.8) is 0 Å². The Labute approximate surface area is 176 Å². The molecule has 3 aromatic rings. The molecule has 1 heterocycles. The zero-order valence-electron chi connectivity index (χ0n) is 14.7. The lowest BCUT2D eigenvalue weighted by Crippen LogP contribution is -2.31. The van der Waals surface area contributed by atoms with Crippen LogP contribution in [0.5, 0.6) is 0 Å². The van der Waals surface area contributed by atoms with E-state index in [2.05, 4.69) is 21.2 Å². The Morgan fingerprint density at radius 2 is 1.89 bits per heavy atom. The molecule has 0 saturated heterocycles. The number of hydrogen-bond donors (Lipinski definition) is 1. The molecule has 0 unspecified atom stereocenters. The van der Waals surface area contributed by atoms with Gasteiger partial charge >= 0.3 is 0 Å². The van der Waals surface area contributed by atoms with Crippen molar-refractivity contribution in [2.75, 3.05) is 16.2 Å². The highest BCUT2D eigenvalue weighted by Gasteiger charge is 2.26. The summed E-state index contributed by atoms with van der Waals surface area (Å²) in [6.45, 7) is 1.96. The third-order valence-electron chi connectivity index (χ3n) is 3.92. The molecule has 0 aliphatic rings. The van der Waals surface area contributed by atoms with Gasteiger partial charge in [-0.2, -0.15) is 0 Å². The summed E-state index contributed by atoms with van der Waals surface area (Å²) in [6, 6.07) is 14.6. The number of nitrogens with one attached hydrogen (secondary N) is 1. The maximum Gasteiger partial charge on any atom is 0.265 e. The first-order chi connectivity index (χ1) is 13.3. The first-order valence-electron chi connectivity index (χ1n) is 8.25. The van der Waals surface area contributed by atoms with Crippen LogP contribution in [0, 0.1) is 0 Å². The zero-order chi connectivity index (χ0) is 20.3. The number of benzene rings is 2. The van der Waals surface area contributed by atoms with Crippen molar-refractivity contribution in [3.8, 4) is 0 Å². The van der Waals surface area contributed by atoms with Crippen LogP contribution in [-0.4, -0.2) is 20.9 Å². The molecule has 0 saturated carbocycles. The topological polar surface area (TPSA) is 79.6 Å². The van der Waals surface area contributed by atoms with Crippen molar-refractivity contribution in [1.29, 1.82) is 0 Å². The number of carbonyl (C=O) groups excluding carboxylic acids is 1. The van der Waals surface area contributed by atoms with Gasteiger partial charge in [-0.3, -0.25) is 9.10 Å². The van der Waals surface area contributed by atoms with Crippen molar-refractivity contribution >= 4 is 54.8 Å². The molecule has 6 nitrogen and oxygen atoms in total. The lowest BCUT2D eigenvalue weighted by Gasteiger charge is -2.23. The van der Waals surface area contributed by atoms with Crippen molar-refractivity contribution in [2.24, 2.45) is 0 Å². The van der Waals surface area contributed by atoms with E-state index in [0.717, 1.165) is 0 Å². The van der Waals surface area contributed by atoms with E-state index in [1.165, 1.54) is 34.8 Å². The fourth-order valence-electron chi connectivity index (χ4n) is 2.62. The molecular weight excluding hydrogens is 468 g/mol. The van der Waals surface area contributed by atoms with Crippen LogP contribution in [0.3, 0.4) is 0 Å². The minimum atomic E-state index is -3.93. The minimum absolute atomic E-state index is 0.0680. The fraction of sp³-hybridized carbons (Fsp3) is 0.105. The Balaban J connectivity index is 1.95. The summed E-state index contributed by atoms with van der Waals surface area (Å²) in [4.78, 5) is 12.2. The monoisotopic (exact) mass is 482 g/mol. The molecular formula is C19H16BrClN2O4S. The second kappa shape index (κ2) is 8.38. The highest BCUT2D eigenvalue weighted by atomic mass is 79.9. The van der Waals surface area contributed by atoms with Crippen LogP contribution in [-0.2, 0) is 10.0 Å². The van der Waals surface area contributed by atoms with E-state index in [1.54, 1.807) is 37.3 Å². The van der Waals surface area contributed by atoms with Crippen LogP contribution in [0.25, 0.3) is 0 Å². The van der Waals surface area contributed by atoms with Gasteiger partial charge in [0.1, 0.15) is 11.2 Å². The number of hydrogen-bond acceptors (Lipinski definition) is 4. The lowest BCUT2D eigenvalue weighted by atomic mass is 10.3. The molecule has 1 N–H and O–H groups in total. The molecule has 1 aromatic heterocycles. The lowest BCUT2D eigenvalue weighted by molar-refractivity contribution is 0.102. The molecule has 146 valence electrons. The number of carbonyl (C=O) groups is 1. The van der Waals surface area contributed by atoms with Crippen LogP contribution in [0.15, 0.2) is 74.8 Å². The summed E-state index contributed by atoms with van der Waals surface area (Å²) in [5, 5.41) is 2.71. The van der Waals surface area contributed by atoms with Crippen LogP contribution < -0.4 is 9.62 Å². The smallest absolute Gasteiger partial charge is 0.265 e. The van der Waals surface area contributed by atoms with Crippen molar-refractivity contribution in [2.45, 2.75) is 11.8 Å². The van der Waals surface area contributed by atoms with Gasteiger partial charge in [-0.25, -0.2) is 8.42 Å². The maximum absolute atomic E-state index is 13.2. The van der Waals surface area contributed by atoms with Crippen LogP contribution in [0.2, 0.25) is 5.02 Å². The standard InChI is InChI=1S/C19H16BrClN2O4S/c1-2-23(15-6-4-3-5-7-15)28(25,26)17-11-14(8-9-16(17)21)22-19(24)13-10-18(20)27-12-13/h3-12H,2H2,1H3,(H,22,24). The molecule has 28 heavy (non-hydrogen) atoms. The Hall–Kier alpha value is -2.29. The summed E-state index contributed by atoms with van der Waals surface area (Å²) >= 11 is 9.32. The van der Waals surface area contributed by atoms with Crippen LogP contribution in [0.1, 0.15) is 17.3 Å². The normalized spacial score (nSPS) is 11.2. The predicted molar refractivity (Wildman–Crippen MR) is 112 cm³/mol. The fourth-order valence-corrected chi connectivity index (χ4v) is 4.93. The molecule has 9 heteroatoms. The molecule has 0 aliphatic carbocycles. The van der Waals surface area contributed by atoms with E-state index in [-0.39, 0.29) is 16.5 Å². The van der Waals surface area contributed by atoms with Crippen LogP contribution >= 0.6 is 27.5 Å². The molecule has 0 spiro atoms. The summed E-state index contributed by atoms with van der Waals surface area (Å²) < 4.78 is 33.1. The quantitative estimate of drug-likeness (QED) is 0.525. The SMILES string of the molecule is CCN(c1ccccc1)S(=O)(=O)c1cc(NC(=O)c2coc(Br)c2)ccc1Cl. The van der Waals surface area contributed by atoms with Gasteiger partial charge in [0, 0.05) is 18.3 Å². The zero-order valence-corrected chi connectivity index (χ0v) is 17.9. The van der Waals surface area contributed by atoms with E-state index >= 15 is 0 Å². The van der Waals surface area contributed by atoms with Crippen molar-refractivity contribution < 1.29 is 17.6 Å². The summed E-state index contributed by atoms with van der Waals surface area (Å²) in [5.74, 6) is -0.435. The van der Waals surface area contributed by atoms with Gasteiger partial charge in [0.15, 0.2) is 4.67 Å². The number of amides is 1. The number of nitrogens with zero attached hydrogens (tertiary/aromatic N) is 1. The predicted octanol–water partition coefficient (Wildman–Crippen LogP) is 5.16. The highest BCUT2D eigenvalue weighted by molar-refractivity contribution is 9.10. The molecule has 3 rings (SSSR count). The minimum Gasteiger partial charge on any atom is -0.457 e. The number of halogens is 2. The third kappa shape index (κ3) is 4.24. The summed E-state index contributed by atoms with van der Waals surface area (Å²) in [7, 11) is -3.93. The van der Waals surface area contributed by atoms with Crippen molar-refractivity contribution in [3.05, 3.63) is 76.1 Å². The summed E-state index contributed by atoms with van der Waals surface area (Å²) in [5.41, 5.74) is 1.12. The van der Waals surface area contributed by atoms with Crippen molar-refractivity contribution in [1.82, 2.24) is 0 Å².